The van der Waals surface area contributed by atoms with Gasteiger partial charge in [0.1, 0.15) is 0 Å². The Morgan fingerprint density at radius 3 is 3.00 bits per heavy atom. The average molecular weight is 276 g/mol. The molecule has 0 radical (unpaired) electrons. The zero-order chi connectivity index (χ0) is 13.1. The minimum Gasteiger partial charge on any atom is -0.395 e. The quantitative estimate of drug-likeness (QED) is 0.918. The molecule has 2 aromatic rings. The van der Waals surface area contributed by atoms with Crippen LogP contribution in [-0.4, -0.2) is 44.2 Å². The normalized spacial score (nSPS) is 19.9. The highest BCUT2D eigenvalue weighted by Crippen LogP contribution is 2.23. The molecule has 1 aliphatic heterocycles. The SMILES string of the molecule is OC[C@@H]1CCCN1Cc1csc(-c2ncccn2)n1. The molecule has 100 valence electrons. The van der Waals surface area contributed by atoms with Gasteiger partial charge in [-0.25, -0.2) is 15.0 Å². The molecule has 0 bridgehead atoms. The molecular formula is C13H16N4OS. The van der Waals surface area contributed by atoms with E-state index in [0.717, 1.165) is 36.6 Å². The zero-order valence-corrected chi connectivity index (χ0v) is 11.4. The maximum atomic E-state index is 9.32. The Morgan fingerprint density at radius 2 is 2.21 bits per heavy atom. The largest absolute Gasteiger partial charge is 0.395 e. The van der Waals surface area contributed by atoms with Gasteiger partial charge in [0, 0.05) is 30.4 Å². The zero-order valence-electron chi connectivity index (χ0n) is 10.6. The van der Waals surface area contributed by atoms with Crippen LogP contribution in [0.2, 0.25) is 0 Å². The number of likely N-dealkylation sites (tertiary alicyclic amines) is 1. The summed E-state index contributed by atoms with van der Waals surface area (Å²) in [5.74, 6) is 0.680. The number of aliphatic hydroxyl groups is 1. The lowest BCUT2D eigenvalue weighted by atomic mass is 10.2. The standard InChI is InChI=1S/C13H16N4OS/c18-8-11-3-1-6-17(11)7-10-9-19-13(16-10)12-14-4-2-5-15-12/h2,4-5,9,11,18H,1,3,6-8H2/t11-/m0/s1. The molecule has 1 N–H and O–H groups in total. The predicted octanol–water partition coefficient (Wildman–Crippen LogP) is 1.56. The highest BCUT2D eigenvalue weighted by atomic mass is 32.1. The molecule has 3 heterocycles. The van der Waals surface area contributed by atoms with Gasteiger partial charge in [0.15, 0.2) is 10.8 Å². The number of hydrogen-bond acceptors (Lipinski definition) is 6. The molecule has 0 saturated carbocycles. The number of aromatic nitrogens is 3. The van der Waals surface area contributed by atoms with E-state index >= 15 is 0 Å². The smallest absolute Gasteiger partial charge is 0.188 e. The predicted molar refractivity (Wildman–Crippen MR) is 73.7 cm³/mol. The molecule has 0 aromatic carbocycles. The van der Waals surface area contributed by atoms with E-state index in [4.69, 9.17) is 0 Å². The van der Waals surface area contributed by atoms with Gasteiger partial charge < -0.3 is 5.11 Å². The summed E-state index contributed by atoms with van der Waals surface area (Å²) in [7, 11) is 0. The first kappa shape index (κ1) is 12.7. The summed E-state index contributed by atoms with van der Waals surface area (Å²) >= 11 is 1.57. The highest BCUT2D eigenvalue weighted by Gasteiger charge is 2.24. The van der Waals surface area contributed by atoms with Crippen LogP contribution in [0.3, 0.4) is 0 Å². The van der Waals surface area contributed by atoms with Crippen LogP contribution in [0.15, 0.2) is 23.8 Å². The van der Waals surface area contributed by atoms with Gasteiger partial charge >= 0.3 is 0 Å². The maximum Gasteiger partial charge on any atom is 0.188 e. The van der Waals surface area contributed by atoms with Gasteiger partial charge in [-0.2, -0.15) is 0 Å². The minimum atomic E-state index is 0.235. The molecule has 3 rings (SSSR count). The van der Waals surface area contributed by atoms with E-state index in [9.17, 15) is 5.11 Å². The van der Waals surface area contributed by atoms with E-state index in [2.05, 4.69) is 25.2 Å². The van der Waals surface area contributed by atoms with Gasteiger partial charge in [-0.15, -0.1) is 11.3 Å². The van der Waals surface area contributed by atoms with Crippen LogP contribution >= 0.6 is 11.3 Å². The fraction of sp³-hybridized carbons (Fsp3) is 0.462. The van der Waals surface area contributed by atoms with E-state index in [-0.39, 0.29) is 12.6 Å². The van der Waals surface area contributed by atoms with E-state index < -0.39 is 0 Å². The van der Waals surface area contributed by atoms with Crippen LogP contribution in [0.1, 0.15) is 18.5 Å². The van der Waals surface area contributed by atoms with E-state index in [1.165, 1.54) is 0 Å². The van der Waals surface area contributed by atoms with Gasteiger partial charge in [0.2, 0.25) is 0 Å². The van der Waals surface area contributed by atoms with Crippen molar-refractivity contribution in [2.75, 3.05) is 13.2 Å². The second kappa shape index (κ2) is 5.73. The first-order valence-electron chi connectivity index (χ1n) is 6.43. The van der Waals surface area contributed by atoms with Crippen LogP contribution in [0, 0.1) is 0 Å². The number of thiazole rings is 1. The summed E-state index contributed by atoms with van der Waals surface area (Å²) in [6.07, 6.45) is 5.69. The molecule has 1 saturated heterocycles. The van der Waals surface area contributed by atoms with Crippen molar-refractivity contribution >= 4 is 11.3 Å². The maximum absolute atomic E-state index is 9.32. The Bertz CT molecular complexity index is 530. The van der Waals surface area contributed by atoms with Gasteiger partial charge in [-0.05, 0) is 25.5 Å². The van der Waals surface area contributed by atoms with Crippen molar-refractivity contribution in [3.63, 3.8) is 0 Å². The first-order valence-corrected chi connectivity index (χ1v) is 7.31. The average Bonchev–Trinajstić information content (AvgIpc) is 3.09. The molecule has 1 fully saturated rings. The summed E-state index contributed by atoms with van der Waals surface area (Å²) in [5, 5.41) is 12.2. The Hall–Kier alpha value is -1.37. The van der Waals surface area contributed by atoms with Gasteiger partial charge in [0.05, 0.1) is 12.3 Å². The summed E-state index contributed by atoms with van der Waals surface area (Å²) in [5.41, 5.74) is 1.04. The van der Waals surface area contributed by atoms with Crippen molar-refractivity contribution in [3.05, 3.63) is 29.5 Å². The lowest BCUT2D eigenvalue weighted by Crippen LogP contribution is -2.31. The van der Waals surface area contributed by atoms with Gasteiger partial charge in [-0.3, -0.25) is 4.90 Å². The molecule has 2 aromatic heterocycles. The van der Waals surface area contributed by atoms with Crippen LogP contribution in [-0.2, 0) is 6.54 Å². The van der Waals surface area contributed by atoms with Crippen molar-refractivity contribution in [2.45, 2.75) is 25.4 Å². The summed E-state index contributed by atoms with van der Waals surface area (Å²) < 4.78 is 0. The first-order chi connectivity index (χ1) is 9.36. The Kier molecular flexibility index (Phi) is 3.82. The van der Waals surface area contributed by atoms with Crippen LogP contribution in [0.4, 0.5) is 0 Å². The molecule has 0 aliphatic carbocycles. The van der Waals surface area contributed by atoms with Crippen molar-refractivity contribution in [1.29, 1.82) is 0 Å². The third kappa shape index (κ3) is 2.80. The summed E-state index contributed by atoms with van der Waals surface area (Å²) in [6.45, 7) is 2.08. The number of hydrogen-bond donors (Lipinski definition) is 1. The highest BCUT2D eigenvalue weighted by molar-refractivity contribution is 7.13. The number of aliphatic hydroxyl groups excluding tert-OH is 1. The topological polar surface area (TPSA) is 62.1 Å². The Labute approximate surface area is 116 Å². The van der Waals surface area contributed by atoms with Gasteiger partial charge in [0.25, 0.3) is 0 Å². The monoisotopic (exact) mass is 276 g/mol. The lowest BCUT2D eigenvalue weighted by Gasteiger charge is -2.21. The van der Waals surface area contributed by atoms with Crippen LogP contribution in [0.5, 0.6) is 0 Å². The van der Waals surface area contributed by atoms with Crippen LogP contribution < -0.4 is 0 Å². The van der Waals surface area contributed by atoms with E-state index in [1.807, 2.05) is 0 Å². The van der Waals surface area contributed by atoms with Crippen LogP contribution in [0.25, 0.3) is 10.8 Å². The molecule has 5 nitrogen and oxygen atoms in total. The molecule has 1 aliphatic rings. The number of rotatable bonds is 4. The molecule has 0 spiro atoms. The summed E-state index contributed by atoms with van der Waals surface area (Å²) in [6, 6.07) is 2.09. The number of nitrogens with zero attached hydrogens (tertiary/aromatic N) is 4. The fourth-order valence-electron chi connectivity index (χ4n) is 2.41. The van der Waals surface area contributed by atoms with E-state index in [1.54, 1.807) is 29.8 Å². The van der Waals surface area contributed by atoms with Gasteiger partial charge in [-0.1, -0.05) is 0 Å². The molecule has 19 heavy (non-hydrogen) atoms. The van der Waals surface area contributed by atoms with Crippen molar-refractivity contribution in [1.82, 2.24) is 19.9 Å². The Morgan fingerprint density at radius 1 is 1.37 bits per heavy atom. The minimum absolute atomic E-state index is 0.235. The Balaban J connectivity index is 1.72. The third-order valence-electron chi connectivity index (χ3n) is 3.38. The third-order valence-corrected chi connectivity index (χ3v) is 4.27. The molecular weight excluding hydrogens is 260 g/mol. The second-order valence-electron chi connectivity index (χ2n) is 4.67. The second-order valence-corrected chi connectivity index (χ2v) is 5.52. The van der Waals surface area contributed by atoms with Crippen molar-refractivity contribution < 1.29 is 5.11 Å². The fourth-order valence-corrected chi connectivity index (χ4v) is 3.17. The molecule has 1 atom stereocenters. The van der Waals surface area contributed by atoms with Crippen molar-refractivity contribution in [2.24, 2.45) is 0 Å². The molecule has 0 unspecified atom stereocenters. The lowest BCUT2D eigenvalue weighted by molar-refractivity contribution is 0.152. The molecule has 0 amide bonds. The van der Waals surface area contributed by atoms with Crippen molar-refractivity contribution in [3.8, 4) is 10.8 Å². The summed E-state index contributed by atoms with van der Waals surface area (Å²) in [4.78, 5) is 15.3. The van der Waals surface area contributed by atoms with E-state index in [0.29, 0.717) is 5.82 Å². The molecule has 6 heteroatoms.